The number of aromatic carboxylic acids is 1. The molecule has 9 nitrogen and oxygen atoms in total. The number of benzene rings is 4. The molecule has 1 heterocycles. The molecule has 0 fully saturated rings. The number of esters is 1. The molecule has 47 heavy (non-hydrogen) atoms. The third kappa shape index (κ3) is 8.39. The van der Waals surface area contributed by atoms with Crippen molar-refractivity contribution in [2.75, 3.05) is 45.4 Å². The summed E-state index contributed by atoms with van der Waals surface area (Å²) in [6, 6.07) is 30.9. The lowest BCUT2D eigenvalue weighted by Crippen LogP contribution is -2.32. The molecule has 0 radical (unpaired) electrons. The molecule has 0 amide bonds. The fourth-order valence-corrected chi connectivity index (χ4v) is 5.16. The van der Waals surface area contributed by atoms with E-state index in [1.165, 1.54) is 0 Å². The summed E-state index contributed by atoms with van der Waals surface area (Å²) in [4.78, 5) is 35.9. The van der Waals surface area contributed by atoms with E-state index in [1.54, 1.807) is 62.8 Å². The van der Waals surface area contributed by atoms with Crippen molar-refractivity contribution in [3.05, 3.63) is 125 Å². The van der Waals surface area contributed by atoms with Crippen LogP contribution in [0.4, 0.5) is 5.82 Å². The molecule has 0 aliphatic carbocycles. The Morgan fingerprint density at radius 3 is 1.77 bits per heavy atom. The van der Waals surface area contributed by atoms with Crippen LogP contribution in [0.2, 0.25) is 5.15 Å². The van der Waals surface area contributed by atoms with Gasteiger partial charge in [-0.1, -0.05) is 90.5 Å². The van der Waals surface area contributed by atoms with E-state index < -0.39 is 11.9 Å². The predicted octanol–water partition coefficient (Wildman–Crippen LogP) is 7.29. The average molecular weight is 652 g/mol. The molecular weight excluding hydrogens is 618 g/mol. The van der Waals surface area contributed by atoms with Crippen LogP contribution in [0, 0.1) is 0 Å². The number of carbonyl (C=O) groups excluding carboxylic acids is 1. The van der Waals surface area contributed by atoms with Crippen molar-refractivity contribution in [1.82, 2.24) is 9.97 Å². The summed E-state index contributed by atoms with van der Waals surface area (Å²) in [5.74, 6) is -0.809. The zero-order valence-corrected chi connectivity index (χ0v) is 26.8. The Balaban J connectivity index is 1.47. The van der Waals surface area contributed by atoms with Crippen LogP contribution in [0.1, 0.15) is 26.3 Å². The Morgan fingerprint density at radius 1 is 0.681 bits per heavy atom. The molecule has 0 saturated heterocycles. The van der Waals surface area contributed by atoms with Gasteiger partial charge in [-0.2, -0.15) is 0 Å². The Bertz CT molecular complexity index is 1790. The van der Waals surface area contributed by atoms with Gasteiger partial charge in [0.15, 0.2) is 11.0 Å². The molecule has 0 spiro atoms. The highest BCUT2D eigenvalue weighted by atomic mass is 35.5. The van der Waals surface area contributed by atoms with E-state index in [2.05, 4.69) is 0 Å². The molecule has 240 valence electrons. The molecule has 1 N–H and O–H groups in total. The maximum Gasteiger partial charge on any atom is 0.338 e. The van der Waals surface area contributed by atoms with E-state index in [-0.39, 0.29) is 17.3 Å². The SMILES string of the molecule is COCCN(CCOC)c1nc(-c2ccc(-c3ccc(C(=O)O)cc3)cc2)c(Cl)nc1-c1ccc(C(=O)OCc2ccccc2)cc1. The summed E-state index contributed by atoms with van der Waals surface area (Å²) in [6.45, 7) is 2.13. The van der Waals surface area contributed by atoms with Gasteiger partial charge in [0.25, 0.3) is 0 Å². The first-order chi connectivity index (χ1) is 22.9. The third-order valence-electron chi connectivity index (χ3n) is 7.50. The van der Waals surface area contributed by atoms with Gasteiger partial charge in [0, 0.05) is 38.4 Å². The van der Waals surface area contributed by atoms with Gasteiger partial charge in [0.05, 0.1) is 24.3 Å². The number of anilines is 1. The summed E-state index contributed by atoms with van der Waals surface area (Å²) in [6.07, 6.45) is 0. The second-order valence-electron chi connectivity index (χ2n) is 10.6. The topological polar surface area (TPSA) is 111 Å². The molecular formula is C37H34ClN3O6. The standard InChI is InChI=1S/C37H34ClN3O6/c1-45-22-20-41(21-23-46-2)35-33(29-14-18-31(19-15-29)37(44)47-24-25-6-4-3-5-7-25)39-34(38)32(40-35)28-12-8-26(9-13-28)27-10-16-30(17-11-27)36(42)43/h3-19H,20-24H2,1-2H3,(H,42,43). The number of carboxylic acid groups (broad SMARTS) is 1. The molecule has 0 unspecified atom stereocenters. The van der Waals surface area contributed by atoms with Crippen molar-refractivity contribution >= 4 is 29.4 Å². The number of aromatic nitrogens is 2. The van der Waals surface area contributed by atoms with E-state index in [4.69, 9.17) is 35.8 Å². The number of hydrogen-bond donors (Lipinski definition) is 1. The molecule has 5 aromatic rings. The van der Waals surface area contributed by atoms with Crippen molar-refractivity contribution in [2.24, 2.45) is 0 Å². The molecule has 1 aromatic heterocycles. The highest BCUT2D eigenvalue weighted by Crippen LogP contribution is 2.35. The lowest BCUT2D eigenvalue weighted by Gasteiger charge is -2.26. The minimum Gasteiger partial charge on any atom is -0.478 e. The van der Waals surface area contributed by atoms with Gasteiger partial charge >= 0.3 is 11.9 Å². The number of hydrogen-bond acceptors (Lipinski definition) is 8. The minimum atomic E-state index is -0.971. The van der Waals surface area contributed by atoms with Crippen LogP contribution in [0.3, 0.4) is 0 Å². The Kier molecular flexibility index (Phi) is 11.3. The maximum atomic E-state index is 12.8. The van der Waals surface area contributed by atoms with E-state index in [0.29, 0.717) is 49.1 Å². The molecule has 5 rings (SSSR count). The number of carboxylic acids is 1. The van der Waals surface area contributed by atoms with Crippen LogP contribution in [0.15, 0.2) is 103 Å². The molecule has 0 bridgehead atoms. The fourth-order valence-electron chi connectivity index (χ4n) is 4.93. The first-order valence-corrected chi connectivity index (χ1v) is 15.3. The smallest absolute Gasteiger partial charge is 0.338 e. The minimum absolute atomic E-state index is 0.181. The van der Waals surface area contributed by atoms with Crippen molar-refractivity contribution in [2.45, 2.75) is 6.61 Å². The molecule has 0 saturated carbocycles. The monoisotopic (exact) mass is 651 g/mol. The van der Waals surface area contributed by atoms with Crippen LogP contribution < -0.4 is 4.90 Å². The molecule has 4 aromatic carbocycles. The van der Waals surface area contributed by atoms with Crippen molar-refractivity contribution in [3.8, 4) is 33.6 Å². The van der Waals surface area contributed by atoms with Gasteiger partial charge in [0.2, 0.25) is 0 Å². The second kappa shape index (κ2) is 16.0. The Labute approximate surface area is 278 Å². The summed E-state index contributed by atoms with van der Waals surface area (Å²) in [7, 11) is 3.28. The first-order valence-electron chi connectivity index (χ1n) is 14.9. The number of rotatable bonds is 14. The van der Waals surface area contributed by atoms with Crippen molar-refractivity contribution in [1.29, 1.82) is 0 Å². The molecule has 0 aliphatic heterocycles. The lowest BCUT2D eigenvalue weighted by molar-refractivity contribution is 0.0472. The first kappa shape index (κ1) is 33.3. The zero-order chi connectivity index (χ0) is 33.2. The quantitative estimate of drug-likeness (QED) is 0.124. The number of methoxy groups -OCH3 is 2. The summed E-state index contributed by atoms with van der Waals surface area (Å²) in [5, 5.41) is 9.43. The molecule has 0 aliphatic rings. The van der Waals surface area contributed by atoms with Crippen LogP contribution in [-0.2, 0) is 20.8 Å². The van der Waals surface area contributed by atoms with E-state index >= 15 is 0 Å². The van der Waals surface area contributed by atoms with Crippen molar-refractivity contribution < 1.29 is 28.9 Å². The zero-order valence-electron chi connectivity index (χ0n) is 26.1. The van der Waals surface area contributed by atoms with E-state index in [0.717, 1.165) is 27.8 Å². The van der Waals surface area contributed by atoms with Crippen LogP contribution in [-0.4, -0.2) is 67.5 Å². The highest BCUT2D eigenvalue weighted by Gasteiger charge is 2.21. The van der Waals surface area contributed by atoms with Crippen LogP contribution in [0.5, 0.6) is 0 Å². The van der Waals surface area contributed by atoms with Gasteiger partial charge in [0.1, 0.15) is 18.0 Å². The number of carbonyl (C=O) groups is 2. The summed E-state index contributed by atoms with van der Waals surface area (Å²) in [5.41, 5.74) is 5.87. The van der Waals surface area contributed by atoms with Gasteiger partial charge in [-0.25, -0.2) is 19.6 Å². The molecule has 0 atom stereocenters. The number of halogens is 1. The van der Waals surface area contributed by atoms with E-state index in [1.807, 2.05) is 59.5 Å². The second-order valence-corrected chi connectivity index (χ2v) is 11.0. The fraction of sp³-hybridized carbons (Fsp3) is 0.189. The number of nitrogens with zero attached hydrogens (tertiary/aromatic N) is 3. The summed E-state index contributed by atoms with van der Waals surface area (Å²) < 4.78 is 16.3. The highest BCUT2D eigenvalue weighted by molar-refractivity contribution is 6.32. The Morgan fingerprint density at radius 2 is 1.19 bits per heavy atom. The normalized spacial score (nSPS) is 10.9. The number of ether oxygens (including phenoxy) is 3. The molecule has 10 heteroatoms. The van der Waals surface area contributed by atoms with Gasteiger partial charge in [-0.3, -0.25) is 0 Å². The van der Waals surface area contributed by atoms with Gasteiger partial charge in [-0.05, 0) is 41.0 Å². The van der Waals surface area contributed by atoms with E-state index in [9.17, 15) is 14.7 Å². The summed E-state index contributed by atoms with van der Waals surface area (Å²) >= 11 is 6.81. The van der Waals surface area contributed by atoms with Crippen molar-refractivity contribution in [3.63, 3.8) is 0 Å². The third-order valence-corrected chi connectivity index (χ3v) is 7.76. The average Bonchev–Trinajstić information content (AvgIpc) is 3.11. The van der Waals surface area contributed by atoms with Crippen LogP contribution >= 0.6 is 11.6 Å². The van der Waals surface area contributed by atoms with Crippen LogP contribution in [0.25, 0.3) is 33.6 Å². The largest absolute Gasteiger partial charge is 0.478 e. The Hall–Kier alpha value is -5.09. The lowest BCUT2D eigenvalue weighted by atomic mass is 10.0. The maximum absolute atomic E-state index is 12.8. The van der Waals surface area contributed by atoms with Gasteiger partial charge in [-0.15, -0.1) is 0 Å². The predicted molar refractivity (Wildman–Crippen MR) is 182 cm³/mol. The van der Waals surface area contributed by atoms with Gasteiger partial charge < -0.3 is 24.2 Å².